The topological polar surface area (TPSA) is 58.2 Å². The minimum absolute atomic E-state index is 0.0586. The van der Waals surface area contributed by atoms with Crippen molar-refractivity contribution in [1.29, 1.82) is 0 Å². The van der Waals surface area contributed by atoms with Crippen LogP contribution in [0.3, 0.4) is 0 Å². The summed E-state index contributed by atoms with van der Waals surface area (Å²) in [6.45, 7) is 7.31. The number of hydrogen-bond donors (Lipinski definition) is 2. The summed E-state index contributed by atoms with van der Waals surface area (Å²) >= 11 is 0. The van der Waals surface area contributed by atoms with Gasteiger partial charge in [-0.2, -0.15) is 0 Å². The second-order valence-electron chi connectivity index (χ2n) is 6.60. The highest BCUT2D eigenvalue weighted by molar-refractivity contribution is 7.89. The molecule has 0 spiro atoms. The zero-order chi connectivity index (χ0) is 15.0. The van der Waals surface area contributed by atoms with Crippen molar-refractivity contribution in [2.45, 2.75) is 77.8 Å². The van der Waals surface area contributed by atoms with Crippen LogP contribution in [0.15, 0.2) is 0 Å². The van der Waals surface area contributed by atoms with Crippen molar-refractivity contribution in [1.82, 2.24) is 10.0 Å². The molecule has 0 aromatic heterocycles. The van der Waals surface area contributed by atoms with Gasteiger partial charge in [-0.05, 0) is 51.5 Å². The number of unbranched alkanes of at least 4 members (excludes halogenated alkanes) is 1. The van der Waals surface area contributed by atoms with Crippen LogP contribution in [0.5, 0.6) is 0 Å². The quantitative estimate of drug-likeness (QED) is 0.545. The highest BCUT2D eigenvalue weighted by Crippen LogP contribution is 2.18. The summed E-state index contributed by atoms with van der Waals surface area (Å²) in [5, 5.41) is 3.41. The molecule has 0 bridgehead atoms. The van der Waals surface area contributed by atoms with Crippen molar-refractivity contribution in [3.05, 3.63) is 0 Å². The average Bonchev–Trinajstić information content (AvgIpc) is 3.11. The SMILES string of the molecule is CC(C)CCCC(C)NS(=O)(=O)CCCCNC1CC1. The number of rotatable bonds is 12. The second kappa shape index (κ2) is 9.00. The van der Waals surface area contributed by atoms with Crippen LogP contribution in [0.4, 0.5) is 0 Å². The molecule has 1 aliphatic carbocycles. The molecule has 1 atom stereocenters. The lowest BCUT2D eigenvalue weighted by Gasteiger charge is -2.14. The van der Waals surface area contributed by atoms with Crippen LogP contribution in [-0.4, -0.2) is 32.8 Å². The minimum atomic E-state index is -3.09. The van der Waals surface area contributed by atoms with Gasteiger partial charge in [-0.15, -0.1) is 0 Å². The molecule has 1 rings (SSSR count). The summed E-state index contributed by atoms with van der Waals surface area (Å²) in [5.74, 6) is 0.950. The van der Waals surface area contributed by atoms with Crippen molar-refractivity contribution in [2.24, 2.45) is 5.92 Å². The van der Waals surface area contributed by atoms with Crippen molar-refractivity contribution < 1.29 is 8.42 Å². The molecule has 0 aromatic carbocycles. The van der Waals surface area contributed by atoms with Crippen LogP contribution in [-0.2, 0) is 10.0 Å². The van der Waals surface area contributed by atoms with Crippen LogP contribution in [0.25, 0.3) is 0 Å². The van der Waals surface area contributed by atoms with Gasteiger partial charge in [0.05, 0.1) is 5.75 Å². The molecule has 0 amide bonds. The van der Waals surface area contributed by atoms with Crippen LogP contribution in [0.2, 0.25) is 0 Å². The van der Waals surface area contributed by atoms with Gasteiger partial charge < -0.3 is 5.32 Å². The van der Waals surface area contributed by atoms with E-state index < -0.39 is 10.0 Å². The number of hydrogen-bond acceptors (Lipinski definition) is 3. The average molecular weight is 304 g/mol. The maximum atomic E-state index is 11.9. The number of nitrogens with one attached hydrogen (secondary N) is 2. The van der Waals surface area contributed by atoms with E-state index in [1.807, 2.05) is 6.92 Å². The molecule has 1 saturated carbocycles. The first-order valence-corrected chi connectivity index (χ1v) is 9.77. The Morgan fingerprint density at radius 2 is 1.75 bits per heavy atom. The third-order valence-electron chi connectivity index (χ3n) is 3.65. The maximum Gasteiger partial charge on any atom is 0.211 e. The van der Waals surface area contributed by atoms with E-state index in [-0.39, 0.29) is 11.8 Å². The molecule has 1 unspecified atom stereocenters. The summed E-state index contributed by atoms with van der Waals surface area (Å²) in [7, 11) is -3.09. The smallest absolute Gasteiger partial charge is 0.211 e. The minimum Gasteiger partial charge on any atom is -0.314 e. The van der Waals surface area contributed by atoms with Crippen LogP contribution < -0.4 is 10.0 Å². The Morgan fingerprint density at radius 1 is 1.05 bits per heavy atom. The fourth-order valence-electron chi connectivity index (χ4n) is 2.27. The van der Waals surface area contributed by atoms with E-state index in [0.717, 1.165) is 32.2 Å². The maximum absolute atomic E-state index is 11.9. The van der Waals surface area contributed by atoms with Crippen molar-refractivity contribution in [3.63, 3.8) is 0 Å². The summed E-state index contributed by atoms with van der Waals surface area (Å²) in [4.78, 5) is 0. The van der Waals surface area contributed by atoms with E-state index in [1.165, 1.54) is 19.3 Å². The van der Waals surface area contributed by atoms with Gasteiger partial charge in [0.25, 0.3) is 0 Å². The molecule has 0 aliphatic heterocycles. The molecule has 2 N–H and O–H groups in total. The van der Waals surface area contributed by atoms with Gasteiger partial charge in [0, 0.05) is 12.1 Å². The Balaban J connectivity index is 2.05. The van der Waals surface area contributed by atoms with Crippen molar-refractivity contribution in [3.8, 4) is 0 Å². The predicted molar refractivity (Wildman–Crippen MR) is 85.3 cm³/mol. The molecule has 0 saturated heterocycles. The standard InChI is InChI=1S/C15H32N2O2S/c1-13(2)7-6-8-14(3)17-20(18,19)12-5-4-11-16-15-9-10-15/h13-17H,4-12H2,1-3H3. The number of sulfonamides is 1. The summed E-state index contributed by atoms with van der Waals surface area (Å²) in [5.41, 5.74) is 0. The van der Waals surface area contributed by atoms with E-state index >= 15 is 0 Å². The first-order valence-electron chi connectivity index (χ1n) is 8.12. The van der Waals surface area contributed by atoms with Gasteiger partial charge in [-0.25, -0.2) is 13.1 Å². The lowest BCUT2D eigenvalue weighted by Crippen LogP contribution is -2.34. The van der Waals surface area contributed by atoms with E-state index in [1.54, 1.807) is 0 Å². The second-order valence-corrected chi connectivity index (χ2v) is 8.47. The fourth-order valence-corrected chi connectivity index (χ4v) is 3.70. The Morgan fingerprint density at radius 3 is 2.35 bits per heavy atom. The first kappa shape index (κ1) is 17.9. The molecule has 5 heteroatoms. The molecule has 0 aromatic rings. The van der Waals surface area contributed by atoms with Crippen LogP contribution in [0, 0.1) is 5.92 Å². The summed E-state index contributed by atoms with van der Waals surface area (Å²) in [6, 6.07) is 0.772. The molecule has 0 radical (unpaired) electrons. The monoisotopic (exact) mass is 304 g/mol. The Bertz CT molecular complexity index is 351. The molecule has 1 fully saturated rings. The normalized spacial score (nSPS) is 17.6. The van der Waals surface area contributed by atoms with Gasteiger partial charge in [0.2, 0.25) is 10.0 Å². The van der Waals surface area contributed by atoms with Crippen molar-refractivity contribution in [2.75, 3.05) is 12.3 Å². The molecular formula is C15H32N2O2S. The third-order valence-corrected chi connectivity index (χ3v) is 5.24. The molecule has 20 heavy (non-hydrogen) atoms. The van der Waals surface area contributed by atoms with Crippen LogP contribution >= 0.6 is 0 Å². The van der Waals surface area contributed by atoms with Crippen LogP contribution in [0.1, 0.15) is 65.7 Å². The van der Waals surface area contributed by atoms with Gasteiger partial charge in [-0.1, -0.05) is 26.7 Å². The third kappa shape index (κ3) is 9.72. The summed E-state index contributed by atoms with van der Waals surface area (Å²) < 4.78 is 26.6. The zero-order valence-electron chi connectivity index (χ0n) is 13.3. The fraction of sp³-hybridized carbons (Fsp3) is 1.00. The molecule has 1 aliphatic rings. The van der Waals surface area contributed by atoms with E-state index in [2.05, 4.69) is 23.9 Å². The van der Waals surface area contributed by atoms with E-state index in [0.29, 0.717) is 12.0 Å². The highest BCUT2D eigenvalue weighted by atomic mass is 32.2. The van der Waals surface area contributed by atoms with Crippen molar-refractivity contribution >= 4 is 10.0 Å². The van der Waals surface area contributed by atoms with E-state index in [4.69, 9.17) is 0 Å². The van der Waals surface area contributed by atoms with Gasteiger partial charge in [0.1, 0.15) is 0 Å². The van der Waals surface area contributed by atoms with Gasteiger partial charge >= 0.3 is 0 Å². The Kier molecular flexibility index (Phi) is 8.07. The Labute approximate surface area is 125 Å². The zero-order valence-corrected chi connectivity index (χ0v) is 14.1. The Hall–Kier alpha value is -0.130. The molecule has 4 nitrogen and oxygen atoms in total. The van der Waals surface area contributed by atoms with E-state index in [9.17, 15) is 8.42 Å². The largest absolute Gasteiger partial charge is 0.314 e. The highest BCUT2D eigenvalue weighted by Gasteiger charge is 2.19. The molecular weight excluding hydrogens is 272 g/mol. The molecule has 0 heterocycles. The molecule has 120 valence electrons. The lowest BCUT2D eigenvalue weighted by atomic mass is 10.0. The summed E-state index contributed by atoms with van der Waals surface area (Å²) in [6.07, 6.45) is 7.45. The van der Waals surface area contributed by atoms with Gasteiger partial charge in [0.15, 0.2) is 0 Å². The van der Waals surface area contributed by atoms with Gasteiger partial charge in [-0.3, -0.25) is 0 Å². The first-order chi connectivity index (χ1) is 9.39. The lowest BCUT2D eigenvalue weighted by molar-refractivity contribution is 0.487. The predicted octanol–water partition coefficient (Wildman–Crippen LogP) is 2.65.